The summed E-state index contributed by atoms with van der Waals surface area (Å²) in [4.78, 5) is 73.5. The molecule has 0 bridgehead atoms. The van der Waals surface area contributed by atoms with Crippen molar-refractivity contribution in [1.29, 1.82) is 0 Å². The topological polar surface area (TPSA) is 184 Å². The maximum atomic E-state index is 13.7. The molecule has 2 atom stereocenters. The van der Waals surface area contributed by atoms with E-state index in [1.807, 2.05) is 33.9 Å². The number of rotatable bonds is 11. The Morgan fingerprint density at radius 2 is 1.62 bits per heavy atom. The molecule has 1 aromatic rings. The molecule has 0 radical (unpaired) electrons. The Kier molecular flexibility index (Phi) is 12.6. The van der Waals surface area contributed by atoms with Crippen LogP contribution in [0.2, 0.25) is 18.1 Å². The normalized spacial score (nSPS) is 17.4. The zero-order valence-electron chi connectivity index (χ0n) is 29.6. The molecule has 1 fully saturated rings. The van der Waals surface area contributed by atoms with Gasteiger partial charge in [0.05, 0.1) is 12.1 Å². The fraction of sp³-hybridized carbons (Fsp3) is 0.700. The van der Waals surface area contributed by atoms with E-state index in [9.17, 15) is 24.0 Å². The first-order valence-corrected chi connectivity index (χ1v) is 19.0. The van der Waals surface area contributed by atoms with Crippen LogP contribution in [0.1, 0.15) is 81.9 Å². The smallest absolute Gasteiger partial charge is 0.457 e. The zero-order valence-corrected chi connectivity index (χ0v) is 31.4. The first-order chi connectivity index (χ1) is 21.3. The Bertz CT molecular complexity index is 1360. The van der Waals surface area contributed by atoms with Crippen molar-refractivity contribution < 1.29 is 47.8 Å². The second-order valence-electron chi connectivity index (χ2n) is 14.7. The lowest BCUT2D eigenvalue weighted by Gasteiger charge is -2.57. The second kappa shape index (κ2) is 15.0. The van der Waals surface area contributed by atoms with Gasteiger partial charge in [0.15, 0.2) is 19.1 Å². The number of thiazole rings is 1. The number of carbonyl (C=O) groups excluding carboxylic acids is 5. The van der Waals surface area contributed by atoms with Gasteiger partial charge in [0.25, 0.3) is 5.91 Å². The van der Waals surface area contributed by atoms with Crippen LogP contribution < -0.4 is 10.6 Å². The van der Waals surface area contributed by atoms with Gasteiger partial charge in [0.2, 0.25) is 12.5 Å². The van der Waals surface area contributed by atoms with Crippen molar-refractivity contribution >= 4 is 60.4 Å². The number of carbonyl (C=O) groups is 5. The summed E-state index contributed by atoms with van der Waals surface area (Å²) in [5, 5.41) is 10.3. The number of aromatic nitrogens is 1. The highest BCUT2D eigenvalue weighted by Gasteiger charge is 2.58. The first-order valence-electron chi connectivity index (χ1n) is 15.2. The van der Waals surface area contributed by atoms with Gasteiger partial charge >= 0.3 is 18.2 Å². The maximum Gasteiger partial charge on any atom is 0.508 e. The summed E-state index contributed by atoms with van der Waals surface area (Å²) in [7, 11) is -2.49. The van der Waals surface area contributed by atoms with Gasteiger partial charge in [-0.25, -0.2) is 19.4 Å². The monoisotopic (exact) mass is 699 g/mol. The van der Waals surface area contributed by atoms with Gasteiger partial charge in [-0.2, -0.15) is 0 Å². The summed E-state index contributed by atoms with van der Waals surface area (Å²) in [5.74, 6) is -1.93. The number of oxime groups is 1. The van der Waals surface area contributed by atoms with Gasteiger partial charge in [-0.1, -0.05) is 39.0 Å². The number of nitrogens with zero attached hydrogens (tertiary/aromatic N) is 3. The third kappa shape index (κ3) is 11.5. The van der Waals surface area contributed by atoms with Crippen LogP contribution in [0, 0.1) is 0 Å². The molecule has 2 N–H and O–H groups in total. The van der Waals surface area contributed by atoms with Crippen molar-refractivity contribution in [2.24, 2.45) is 5.16 Å². The zero-order chi connectivity index (χ0) is 36.1. The van der Waals surface area contributed by atoms with E-state index in [2.05, 4.69) is 20.8 Å². The molecule has 0 spiro atoms. The average molecular weight is 700 g/mol. The molecule has 264 valence electrons. The molecular formula is C30H49N5O10SSi. The molecule has 1 aromatic heterocycles. The SMILES string of the molecule is CC(C)OC(=O)OC[C@H]1[C@@H](NC(=O)/C(=N\OCC(=O)OC(C)(C)C)c2csc(NC(=O)OC(C)(C)C)n2)C(=O)N1[Si](C)(C)C(C)(C)C. The van der Waals surface area contributed by atoms with Gasteiger partial charge in [0.1, 0.15) is 29.5 Å². The van der Waals surface area contributed by atoms with E-state index in [-0.39, 0.29) is 34.1 Å². The van der Waals surface area contributed by atoms with Crippen molar-refractivity contribution in [2.45, 2.75) is 124 Å². The van der Waals surface area contributed by atoms with Crippen molar-refractivity contribution in [3.8, 4) is 0 Å². The molecule has 0 aliphatic carbocycles. The first kappa shape index (κ1) is 39.4. The molecular weight excluding hydrogens is 651 g/mol. The van der Waals surface area contributed by atoms with Crippen molar-refractivity contribution in [3.63, 3.8) is 0 Å². The lowest BCUT2D eigenvalue weighted by molar-refractivity contribution is -0.160. The van der Waals surface area contributed by atoms with Gasteiger partial charge in [-0.15, -0.1) is 11.3 Å². The summed E-state index contributed by atoms with van der Waals surface area (Å²) >= 11 is 0.987. The van der Waals surface area contributed by atoms with Gasteiger partial charge in [-0.3, -0.25) is 14.9 Å². The minimum Gasteiger partial charge on any atom is -0.457 e. The molecule has 17 heteroatoms. The highest BCUT2D eigenvalue weighted by molar-refractivity contribution is 7.14. The molecule has 1 aliphatic heterocycles. The Balaban J connectivity index is 2.38. The van der Waals surface area contributed by atoms with Gasteiger partial charge in [0, 0.05) is 5.38 Å². The summed E-state index contributed by atoms with van der Waals surface area (Å²) < 4.78 is 22.6. The van der Waals surface area contributed by atoms with Crippen LogP contribution in [0.3, 0.4) is 0 Å². The third-order valence-electron chi connectivity index (χ3n) is 6.98. The number of hydrogen-bond donors (Lipinski definition) is 2. The largest absolute Gasteiger partial charge is 0.508 e. The molecule has 1 saturated heterocycles. The summed E-state index contributed by atoms with van der Waals surface area (Å²) in [6, 6.07) is -1.78. The number of esters is 1. The number of anilines is 1. The number of ether oxygens (including phenoxy) is 4. The second-order valence-corrected chi connectivity index (χ2v) is 20.7. The molecule has 0 aromatic carbocycles. The molecule has 0 saturated carbocycles. The Labute approximate surface area is 281 Å². The highest BCUT2D eigenvalue weighted by atomic mass is 32.1. The fourth-order valence-corrected chi connectivity index (χ4v) is 7.22. The lowest BCUT2D eigenvalue weighted by Crippen LogP contribution is -2.80. The van der Waals surface area contributed by atoms with E-state index in [1.165, 1.54) is 5.38 Å². The highest BCUT2D eigenvalue weighted by Crippen LogP contribution is 2.43. The average Bonchev–Trinajstić information content (AvgIpc) is 3.31. The third-order valence-corrected chi connectivity index (χ3v) is 13.2. The van der Waals surface area contributed by atoms with E-state index in [1.54, 1.807) is 60.0 Å². The Morgan fingerprint density at radius 1 is 1.02 bits per heavy atom. The number of hydrogen-bond acceptors (Lipinski definition) is 13. The molecule has 15 nitrogen and oxygen atoms in total. The minimum absolute atomic E-state index is 0.0101. The van der Waals surface area contributed by atoms with Crippen LogP contribution in [-0.4, -0.2) is 96.1 Å². The van der Waals surface area contributed by atoms with E-state index >= 15 is 0 Å². The van der Waals surface area contributed by atoms with Crippen LogP contribution in [0.5, 0.6) is 0 Å². The Hall–Kier alpha value is -3.73. The van der Waals surface area contributed by atoms with Crippen LogP contribution >= 0.6 is 11.3 Å². The summed E-state index contributed by atoms with van der Waals surface area (Å²) in [6.07, 6.45) is -2.07. The molecule has 1 aliphatic rings. The standard InChI is InChI=1S/C30H49N5O10SSi/c1-17(2)43-27(40)41-14-19-22(24(38)35(19)47(12,13)30(9,10)11)32-23(37)21(34-42-15-20(36)44-28(3,4)5)18-16-46-25(31-18)33-26(39)45-29(6,7)8/h16-17,19,22H,14-15H2,1-13H3,(H,32,37)(H,31,33,39)/b34-21-/t19-,22+/m0/s1. The van der Waals surface area contributed by atoms with Gasteiger partial charge < -0.3 is 33.7 Å². The fourth-order valence-electron chi connectivity index (χ4n) is 4.07. The summed E-state index contributed by atoms with van der Waals surface area (Å²) in [5.41, 5.74) is -1.92. The molecule has 47 heavy (non-hydrogen) atoms. The van der Waals surface area contributed by atoms with Crippen molar-refractivity contribution in [2.75, 3.05) is 18.5 Å². The van der Waals surface area contributed by atoms with E-state index < -0.39 is 68.4 Å². The van der Waals surface area contributed by atoms with E-state index in [0.29, 0.717) is 0 Å². The molecule has 2 rings (SSSR count). The van der Waals surface area contributed by atoms with Crippen molar-refractivity contribution in [1.82, 2.24) is 14.9 Å². The lowest BCUT2D eigenvalue weighted by atomic mass is 9.99. The minimum atomic E-state index is -2.49. The number of nitrogens with one attached hydrogen (secondary N) is 2. The van der Waals surface area contributed by atoms with Crippen molar-refractivity contribution in [3.05, 3.63) is 11.1 Å². The number of β-lactam (4-membered cyclic amide) rings is 1. The maximum absolute atomic E-state index is 13.7. The quantitative estimate of drug-likeness (QED) is 0.0807. The van der Waals surface area contributed by atoms with Crippen LogP contribution in [0.25, 0.3) is 0 Å². The van der Waals surface area contributed by atoms with E-state index in [0.717, 1.165) is 11.3 Å². The van der Waals surface area contributed by atoms with Crippen LogP contribution in [0.15, 0.2) is 10.5 Å². The van der Waals surface area contributed by atoms with Crippen LogP contribution in [0.4, 0.5) is 14.7 Å². The predicted molar refractivity (Wildman–Crippen MR) is 178 cm³/mol. The predicted octanol–water partition coefficient (Wildman–Crippen LogP) is 4.81. The molecule has 2 heterocycles. The Morgan fingerprint density at radius 3 is 2.15 bits per heavy atom. The van der Waals surface area contributed by atoms with E-state index in [4.69, 9.17) is 23.8 Å². The summed E-state index contributed by atoms with van der Waals surface area (Å²) in [6.45, 7) is 22.8. The molecule has 0 unspecified atom stereocenters. The molecule has 3 amide bonds. The number of amides is 3. The van der Waals surface area contributed by atoms with Gasteiger partial charge in [-0.05, 0) is 60.4 Å². The van der Waals surface area contributed by atoms with Crippen LogP contribution in [-0.2, 0) is 38.2 Å².